The first-order valence-electron chi connectivity index (χ1n) is 11.6. The van der Waals surface area contributed by atoms with Crippen molar-refractivity contribution in [3.63, 3.8) is 0 Å². The number of furan rings is 1. The van der Waals surface area contributed by atoms with Gasteiger partial charge < -0.3 is 14.7 Å². The number of carbonyl (C=O) groups excluding carboxylic acids is 1. The summed E-state index contributed by atoms with van der Waals surface area (Å²) in [5, 5.41) is 4.79. The fourth-order valence-electron chi connectivity index (χ4n) is 4.47. The van der Waals surface area contributed by atoms with Crippen LogP contribution >= 0.6 is 11.3 Å². The Morgan fingerprint density at radius 3 is 2.71 bits per heavy atom. The molecular formula is C25H29N5O3S. The zero-order valence-electron chi connectivity index (χ0n) is 19.7. The summed E-state index contributed by atoms with van der Waals surface area (Å²) >= 11 is 1.57. The number of thiophene rings is 1. The van der Waals surface area contributed by atoms with Crippen molar-refractivity contribution >= 4 is 38.4 Å². The maximum Gasteiger partial charge on any atom is 0.259 e. The highest BCUT2D eigenvalue weighted by Crippen LogP contribution is 2.26. The van der Waals surface area contributed by atoms with Gasteiger partial charge in [-0.15, -0.1) is 11.3 Å². The topological polar surface area (TPSA) is 94.5 Å². The van der Waals surface area contributed by atoms with Crippen LogP contribution in [0.25, 0.3) is 21.2 Å². The summed E-state index contributed by atoms with van der Waals surface area (Å²) in [6.07, 6.45) is 0. The lowest BCUT2D eigenvalue weighted by atomic mass is 10.2. The van der Waals surface area contributed by atoms with Crippen LogP contribution < -0.4 is 10.9 Å². The number of hydrogen-bond donors (Lipinski definition) is 2. The number of rotatable bonds is 6. The van der Waals surface area contributed by atoms with Crippen molar-refractivity contribution in [3.8, 4) is 0 Å². The molecular weight excluding hydrogens is 450 g/mol. The number of hydrogen-bond acceptors (Lipinski definition) is 7. The Labute approximate surface area is 201 Å². The summed E-state index contributed by atoms with van der Waals surface area (Å²) in [6.45, 7) is 10.1. The molecule has 178 valence electrons. The minimum atomic E-state index is -0.191. The molecule has 0 spiro atoms. The molecule has 4 heterocycles. The Morgan fingerprint density at radius 1 is 1.21 bits per heavy atom. The van der Waals surface area contributed by atoms with Gasteiger partial charge in [0.05, 0.1) is 24.5 Å². The van der Waals surface area contributed by atoms with Crippen LogP contribution in [0.15, 0.2) is 39.5 Å². The lowest BCUT2D eigenvalue weighted by Gasteiger charge is -2.34. The van der Waals surface area contributed by atoms with Crippen molar-refractivity contribution in [2.45, 2.75) is 33.4 Å². The van der Waals surface area contributed by atoms with Gasteiger partial charge in [-0.2, -0.15) is 0 Å². The van der Waals surface area contributed by atoms with Gasteiger partial charge in [-0.1, -0.05) is 18.2 Å². The number of benzene rings is 1. The standard InChI is InChI=1S/C25H29N5O3S/c1-15-17(3)34-25-23(15)24(32)27-21(28-25)13-29-8-10-30(11-9-29)14-22(31)26-16(2)20-12-18-6-4-5-7-19(18)33-20/h4-7,12,16H,8-11,13-14H2,1-3H3,(H,26,31)(H,27,28,32)/t16-/m0/s1. The van der Waals surface area contributed by atoms with E-state index in [4.69, 9.17) is 9.40 Å². The van der Waals surface area contributed by atoms with Gasteiger partial charge in [-0.3, -0.25) is 19.4 Å². The first-order valence-corrected chi connectivity index (χ1v) is 12.4. The van der Waals surface area contributed by atoms with Crippen LogP contribution in [0.2, 0.25) is 0 Å². The van der Waals surface area contributed by atoms with Crippen molar-refractivity contribution in [1.82, 2.24) is 25.1 Å². The van der Waals surface area contributed by atoms with Gasteiger partial charge in [-0.25, -0.2) is 4.98 Å². The van der Waals surface area contributed by atoms with E-state index in [1.807, 2.05) is 51.1 Å². The van der Waals surface area contributed by atoms with Crippen molar-refractivity contribution in [3.05, 3.63) is 62.7 Å². The molecule has 1 saturated heterocycles. The number of H-pyrrole nitrogens is 1. The Morgan fingerprint density at radius 2 is 1.94 bits per heavy atom. The molecule has 0 unspecified atom stereocenters. The third-order valence-corrected chi connectivity index (χ3v) is 7.64. The minimum absolute atomic E-state index is 0.0127. The maximum atomic E-state index is 12.6. The Balaban J connectivity index is 1.13. The van der Waals surface area contributed by atoms with E-state index in [1.54, 1.807) is 11.3 Å². The molecule has 3 aromatic heterocycles. The van der Waals surface area contributed by atoms with Crippen LogP contribution in [-0.2, 0) is 11.3 Å². The van der Waals surface area contributed by atoms with Gasteiger partial charge in [-0.05, 0) is 38.5 Å². The Kier molecular flexibility index (Phi) is 6.24. The summed E-state index contributed by atoms with van der Waals surface area (Å²) in [6, 6.07) is 9.63. The van der Waals surface area contributed by atoms with E-state index in [2.05, 4.69) is 20.1 Å². The summed E-state index contributed by atoms with van der Waals surface area (Å²) in [4.78, 5) is 39.1. The number of para-hydroxylation sites is 1. The van der Waals surface area contributed by atoms with Gasteiger partial charge in [0.1, 0.15) is 22.0 Å². The quantitative estimate of drug-likeness (QED) is 0.441. The van der Waals surface area contributed by atoms with Crippen LogP contribution in [0.5, 0.6) is 0 Å². The van der Waals surface area contributed by atoms with Crippen molar-refractivity contribution < 1.29 is 9.21 Å². The van der Waals surface area contributed by atoms with E-state index < -0.39 is 0 Å². The average molecular weight is 480 g/mol. The first kappa shape index (κ1) is 22.8. The van der Waals surface area contributed by atoms with Crippen LogP contribution in [0, 0.1) is 13.8 Å². The molecule has 0 radical (unpaired) electrons. The number of carbonyl (C=O) groups is 1. The second-order valence-corrected chi connectivity index (χ2v) is 10.2. The van der Waals surface area contributed by atoms with Gasteiger partial charge in [0.25, 0.3) is 5.56 Å². The molecule has 1 aliphatic heterocycles. The normalized spacial score (nSPS) is 16.3. The van der Waals surface area contributed by atoms with Gasteiger partial charge in [0, 0.05) is 36.4 Å². The Hall–Kier alpha value is -3.01. The minimum Gasteiger partial charge on any atom is -0.459 e. The molecule has 1 fully saturated rings. The molecule has 2 N–H and O–H groups in total. The highest BCUT2D eigenvalue weighted by molar-refractivity contribution is 7.18. The molecule has 0 bridgehead atoms. The number of nitrogens with zero attached hydrogens (tertiary/aromatic N) is 3. The van der Waals surface area contributed by atoms with Gasteiger partial charge in [0.2, 0.25) is 5.91 Å². The number of fused-ring (bicyclic) bond motifs is 2. The van der Waals surface area contributed by atoms with E-state index in [9.17, 15) is 9.59 Å². The number of piperazine rings is 1. The lowest BCUT2D eigenvalue weighted by molar-refractivity contribution is -0.123. The largest absolute Gasteiger partial charge is 0.459 e. The zero-order chi connectivity index (χ0) is 23.8. The third-order valence-electron chi connectivity index (χ3n) is 6.54. The molecule has 1 atom stereocenters. The molecule has 0 saturated carbocycles. The molecule has 1 aromatic carbocycles. The SMILES string of the molecule is Cc1sc2nc(CN3CCN(CC(=O)N[C@@H](C)c4cc5ccccc5o4)CC3)[nH]c(=O)c2c1C. The molecule has 1 aliphatic rings. The van der Waals surface area contributed by atoms with Gasteiger partial charge >= 0.3 is 0 Å². The molecule has 0 aliphatic carbocycles. The first-order chi connectivity index (χ1) is 16.4. The van der Waals surface area contributed by atoms with E-state index in [1.165, 1.54) is 0 Å². The van der Waals surface area contributed by atoms with E-state index in [0.29, 0.717) is 24.3 Å². The predicted octanol–water partition coefficient (Wildman–Crippen LogP) is 3.34. The predicted molar refractivity (Wildman–Crippen MR) is 134 cm³/mol. The van der Waals surface area contributed by atoms with E-state index in [0.717, 1.165) is 58.2 Å². The van der Waals surface area contributed by atoms with Crippen molar-refractivity contribution in [2.75, 3.05) is 32.7 Å². The summed E-state index contributed by atoms with van der Waals surface area (Å²) in [7, 11) is 0. The maximum absolute atomic E-state index is 12.6. The monoisotopic (exact) mass is 479 g/mol. The number of aromatic amines is 1. The van der Waals surface area contributed by atoms with Gasteiger partial charge in [0.15, 0.2) is 0 Å². The summed E-state index contributed by atoms with van der Waals surface area (Å²) in [5.41, 5.74) is 1.78. The van der Waals surface area contributed by atoms with Crippen molar-refractivity contribution in [1.29, 1.82) is 0 Å². The fraction of sp³-hybridized carbons (Fsp3) is 0.400. The second kappa shape index (κ2) is 9.32. The number of nitrogens with one attached hydrogen (secondary N) is 2. The third kappa shape index (κ3) is 4.64. The highest BCUT2D eigenvalue weighted by atomic mass is 32.1. The zero-order valence-corrected chi connectivity index (χ0v) is 20.5. The summed E-state index contributed by atoms with van der Waals surface area (Å²) < 4.78 is 5.87. The number of amides is 1. The fourth-order valence-corrected chi connectivity index (χ4v) is 5.52. The van der Waals surface area contributed by atoms with Crippen molar-refractivity contribution in [2.24, 2.45) is 0 Å². The van der Waals surface area contributed by atoms with E-state index in [-0.39, 0.29) is 17.5 Å². The molecule has 9 heteroatoms. The average Bonchev–Trinajstić information content (AvgIpc) is 3.36. The number of aryl methyl sites for hydroxylation is 2. The van der Waals surface area contributed by atoms with Crippen LogP contribution in [-0.4, -0.2) is 58.4 Å². The lowest BCUT2D eigenvalue weighted by Crippen LogP contribution is -2.49. The van der Waals surface area contributed by atoms with Crippen LogP contribution in [0.4, 0.5) is 0 Å². The molecule has 4 aromatic rings. The molecule has 1 amide bonds. The van der Waals surface area contributed by atoms with Crippen LogP contribution in [0.3, 0.4) is 0 Å². The van der Waals surface area contributed by atoms with E-state index >= 15 is 0 Å². The Bertz CT molecular complexity index is 1360. The second-order valence-electron chi connectivity index (χ2n) is 9.00. The van der Waals surface area contributed by atoms with Crippen LogP contribution in [0.1, 0.15) is 35.0 Å². The highest BCUT2D eigenvalue weighted by Gasteiger charge is 2.22. The molecule has 34 heavy (non-hydrogen) atoms. The number of aromatic nitrogens is 2. The molecule has 5 rings (SSSR count). The smallest absolute Gasteiger partial charge is 0.259 e. The summed E-state index contributed by atoms with van der Waals surface area (Å²) in [5.74, 6) is 1.44. The molecule has 8 nitrogen and oxygen atoms in total.